The molecule has 0 unspecified atom stereocenters. The van der Waals surface area contributed by atoms with Crippen molar-refractivity contribution in [3.8, 4) is 0 Å². The van der Waals surface area contributed by atoms with Gasteiger partial charge in [-0.2, -0.15) is 0 Å². The number of rotatable bonds is 2. The third-order valence-electron chi connectivity index (χ3n) is 1.48. The summed E-state index contributed by atoms with van der Waals surface area (Å²) in [4.78, 5) is 10.1. The van der Waals surface area contributed by atoms with Crippen molar-refractivity contribution in [3.05, 3.63) is 46.0 Å². The maximum Gasteiger partial charge on any atom is 0.276 e. The monoisotopic (exact) mass is 163 g/mol. The first-order chi connectivity index (χ1) is 5.75. The van der Waals surface area contributed by atoms with Crippen LogP contribution in [0.4, 0.5) is 5.69 Å². The van der Waals surface area contributed by atoms with Gasteiger partial charge in [0.15, 0.2) is 0 Å². The van der Waals surface area contributed by atoms with E-state index in [4.69, 9.17) is 0 Å². The van der Waals surface area contributed by atoms with Gasteiger partial charge in [0.25, 0.3) is 5.69 Å². The molecule has 0 bridgehead atoms. The van der Waals surface area contributed by atoms with Gasteiger partial charge >= 0.3 is 0 Å². The Hall–Kier alpha value is -1.64. The molecule has 0 N–H and O–H groups in total. The average Bonchev–Trinajstić information content (AvgIpc) is 2.05. The zero-order valence-electron chi connectivity index (χ0n) is 6.73. The minimum atomic E-state index is -0.380. The minimum absolute atomic E-state index is 0.149. The average molecular weight is 163 g/mol. The van der Waals surface area contributed by atoms with Crippen LogP contribution in [0.15, 0.2) is 30.3 Å². The molecule has 0 atom stereocenters. The van der Waals surface area contributed by atoms with E-state index < -0.39 is 0 Å². The molecule has 0 amide bonds. The maximum absolute atomic E-state index is 10.5. The number of hydrogen-bond donors (Lipinski definition) is 0. The fourth-order valence-electron chi connectivity index (χ4n) is 0.974. The summed E-state index contributed by atoms with van der Waals surface area (Å²) in [6.07, 6.45) is 3.50. The van der Waals surface area contributed by atoms with E-state index in [1.54, 1.807) is 30.4 Å². The predicted molar refractivity (Wildman–Crippen MR) is 47.8 cm³/mol. The molecule has 0 spiro atoms. The normalized spacial score (nSPS) is 10.4. The zero-order chi connectivity index (χ0) is 8.97. The lowest BCUT2D eigenvalue weighted by atomic mass is 10.2. The third kappa shape index (κ3) is 1.69. The molecule has 0 aromatic heterocycles. The van der Waals surface area contributed by atoms with Crippen molar-refractivity contribution >= 4 is 11.8 Å². The maximum atomic E-state index is 10.5. The van der Waals surface area contributed by atoms with E-state index in [0.29, 0.717) is 5.56 Å². The molecule has 0 saturated carbocycles. The predicted octanol–water partition coefficient (Wildman–Crippen LogP) is 2.63. The Labute approximate surface area is 70.5 Å². The van der Waals surface area contributed by atoms with Crippen LogP contribution in [0.2, 0.25) is 0 Å². The number of allylic oxidation sites excluding steroid dienone is 1. The second-order valence-electron chi connectivity index (χ2n) is 2.32. The van der Waals surface area contributed by atoms with E-state index >= 15 is 0 Å². The lowest BCUT2D eigenvalue weighted by Crippen LogP contribution is -1.89. The first-order valence-electron chi connectivity index (χ1n) is 3.62. The van der Waals surface area contributed by atoms with Crippen molar-refractivity contribution < 1.29 is 4.92 Å². The number of para-hydroxylation sites is 1. The standard InChI is InChI=1S/C9H9NO2/c1-2-5-8-6-3-4-7-9(8)10(11)12/h2-7H,1H3/b5-2-. The Kier molecular flexibility index (Phi) is 2.58. The van der Waals surface area contributed by atoms with Crippen LogP contribution in [0.5, 0.6) is 0 Å². The number of nitro groups is 1. The van der Waals surface area contributed by atoms with Crippen LogP contribution in [0.3, 0.4) is 0 Å². The Morgan fingerprint density at radius 1 is 1.42 bits per heavy atom. The molecule has 0 saturated heterocycles. The van der Waals surface area contributed by atoms with Crippen LogP contribution in [0, 0.1) is 10.1 Å². The molecule has 1 aromatic carbocycles. The molecule has 1 aromatic rings. The van der Waals surface area contributed by atoms with Crippen molar-refractivity contribution in [2.24, 2.45) is 0 Å². The van der Waals surface area contributed by atoms with Gasteiger partial charge in [0.2, 0.25) is 0 Å². The Morgan fingerprint density at radius 3 is 2.67 bits per heavy atom. The molecule has 62 valence electrons. The van der Waals surface area contributed by atoms with Crippen molar-refractivity contribution in [1.82, 2.24) is 0 Å². The zero-order valence-corrected chi connectivity index (χ0v) is 6.73. The van der Waals surface area contributed by atoms with E-state index in [1.807, 2.05) is 6.92 Å². The van der Waals surface area contributed by atoms with Gasteiger partial charge in [-0.15, -0.1) is 0 Å². The number of nitro benzene ring substituents is 1. The Balaban J connectivity index is 3.17. The van der Waals surface area contributed by atoms with Gasteiger partial charge in [0.05, 0.1) is 10.5 Å². The molecule has 0 heterocycles. The topological polar surface area (TPSA) is 43.1 Å². The molecule has 12 heavy (non-hydrogen) atoms. The third-order valence-corrected chi connectivity index (χ3v) is 1.48. The first-order valence-corrected chi connectivity index (χ1v) is 3.62. The molecule has 1 rings (SSSR count). The summed E-state index contributed by atoms with van der Waals surface area (Å²) in [7, 11) is 0. The summed E-state index contributed by atoms with van der Waals surface area (Å²) in [6.45, 7) is 1.83. The van der Waals surface area contributed by atoms with Crippen LogP contribution in [0.1, 0.15) is 12.5 Å². The van der Waals surface area contributed by atoms with Gasteiger partial charge < -0.3 is 0 Å². The first kappa shape index (κ1) is 8.46. The van der Waals surface area contributed by atoms with Gasteiger partial charge in [-0.3, -0.25) is 10.1 Å². The van der Waals surface area contributed by atoms with E-state index in [0.717, 1.165) is 0 Å². The van der Waals surface area contributed by atoms with Crippen LogP contribution < -0.4 is 0 Å². The molecule has 0 aliphatic heterocycles. The van der Waals surface area contributed by atoms with Crippen molar-refractivity contribution in [2.75, 3.05) is 0 Å². The summed E-state index contributed by atoms with van der Waals surface area (Å²) in [5, 5.41) is 10.5. The number of nitrogens with zero attached hydrogens (tertiary/aromatic N) is 1. The Morgan fingerprint density at radius 2 is 2.08 bits per heavy atom. The SMILES string of the molecule is C/C=C\c1ccccc1[N+](=O)[O-]. The van der Waals surface area contributed by atoms with Crippen LogP contribution in [-0.4, -0.2) is 4.92 Å². The summed E-state index contributed by atoms with van der Waals surface area (Å²) >= 11 is 0. The van der Waals surface area contributed by atoms with E-state index in [-0.39, 0.29) is 10.6 Å². The van der Waals surface area contributed by atoms with Crippen molar-refractivity contribution in [2.45, 2.75) is 6.92 Å². The van der Waals surface area contributed by atoms with Gasteiger partial charge in [-0.05, 0) is 13.0 Å². The van der Waals surface area contributed by atoms with Crippen LogP contribution in [0.25, 0.3) is 6.08 Å². The molecule has 0 aliphatic carbocycles. The van der Waals surface area contributed by atoms with Crippen molar-refractivity contribution in [1.29, 1.82) is 0 Å². The quantitative estimate of drug-likeness (QED) is 0.496. The molecule has 3 nitrogen and oxygen atoms in total. The second kappa shape index (κ2) is 3.67. The largest absolute Gasteiger partial charge is 0.276 e. The molecular weight excluding hydrogens is 154 g/mol. The molecular formula is C9H9NO2. The van der Waals surface area contributed by atoms with E-state index in [1.165, 1.54) is 6.07 Å². The highest BCUT2D eigenvalue weighted by Crippen LogP contribution is 2.18. The lowest BCUT2D eigenvalue weighted by Gasteiger charge is -1.94. The Bertz CT molecular complexity index is 318. The molecule has 0 fully saturated rings. The highest BCUT2D eigenvalue weighted by Gasteiger charge is 2.08. The molecule has 3 heteroatoms. The van der Waals surface area contributed by atoms with Crippen molar-refractivity contribution in [3.63, 3.8) is 0 Å². The summed E-state index contributed by atoms with van der Waals surface area (Å²) in [5.41, 5.74) is 0.792. The molecule has 0 aliphatic rings. The number of benzene rings is 1. The lowest BCUT2D eigenvalue weighted by molar-refractivity contribution is -0.385. The van der Waals surface area contributed by atoms with Crippen LogP contribution >= 0.6 is 0 Å². The van der Waals surface area contributed by atoms with Gasteiger partial charge in [-0.25, -0.2) is 0 Å². The highest BCUT2D eigenvalue weighted by molar-refractivity contribution is 5.60. The smallest absolute Gasteiger partial charge is 0.258 e. The summed E-state index contributed by atoms with van der Waals surface area (Å²) in [5.74, 6) is 0. The summed E-state index contributed by atoms with van der Waals surface area (Å²) < 4.78 is 0. The van der Waals surface area contributed by atoms with Gasteiger partial charge in [-0.1, -0.05) is 24.3 Å². The fourth-order valence-corrected chi connectivity index (χ4v) is 0.974. The van der Waals surface area contributed by atoms with E-state index in [9.17, 15) is 10.1 Å². The fraction of sp³-hybridized carbons (Fsp3) is 0.111. The van der Waals surface area contributed by atoms with Gasteiger partial charge in [0.1, 0.15) is 0 Å². The number of hydrogen-bond acceptors (Lipinski definition) is 2. The highest BCUT2D eigenvalue weighted by atomic mass is 16.6. The van der Waals surface area contributed by atoms with Crippen LogP contribution in [-0.2, 0) is 0 Å². The summed E-state index contributed by atoms with van der Waals surface area (Å²) in [6, 6.07) is 6.65. The van der Waals surface area contributed by atoms with Gasteiger partial charge in [0, 0.05) is 6.07 Å². The molecule has 0 radical (unpaired) electrons. The second-order valence-corrected chi connectivity index (χ2v) is 2.32. The van der Waals surface area contributed by atoms with E-state index in [2.05, 4.69) is 0 Å². The minimum Gasteiger partial charge on any atom is -0.258 e.